The first-order chi connectivity index (χ1) is 11.7. The fraction of sp³-hybridized carbons (Fsp3) is 0.368. The first kappa shape index (κ1) is 19.2. The predicted octanol–water partition coefficient (Wildman–Crippen LogP) is 2.54. The molecule has 5 nitrogen and oxygen atoms in total. The minimum atomic E-state index is 0. The van der Waals surface area contributed by atoms with Crippen LogP contribution in [0.1, 0.15) is 22.7 Å². The third kappa shape index (κ3) is 4.50. The monoisotopic (exact) mass is 361 g/mol. The lowest BCUT2D eigenvalue weighted by molar-refractivity contribution is -0.133. The molecule has 1 aromatic heterocycles. The predicted molar refractivity (Wildman–Crippen MR) is 100 cm³/mol. The summed E-state index contributed by atoms with van der Waals surface area (Å²) in [5, 5.41) is 3.37. The van der Waals surface area contributed by atoms with Crippen LogP contribution in [-0.4, -0.2) is 42.5 Å². The van der Waals surface area contributed by atoms with Crippen molar-refractivity contribution >= 4 is 18.3 Å². The van der Waals surface area contributed by atoms with Gasteiger partial charge in [-0.3, -0.25) is 9.78 Å². The highest BCUT2D eigenvalue weighted by molar-refractivity contribution is 5.85. The SMILES string of the molecule is COc1cc(CC(=O)N2CCNCC2c2cccnc2)ccc1C.Cl. The molecule has 6 heteroatoms. The molecule has 0 spiro atoms. The van der Waals surface area contributed by atoms with E-state index in [1.807, 2.05) is 48.4 Å². The number of aryl methyl sites for hydroxylation is 1. The molecule has 1 unspecified atom stereocenters. The van der Waals surface area contributed by atoms with E-state index in [0.717, 1.165) is 35.5 Å². The summed E-state index contributed by atoms with van der Waals surface area (Å²) in [6, 6.07) is 9.92. The van der Waals surface area contributed by atoms with Gasteiger partial charge in [0.1, 0.15) is 5.75 Å². The molecule has 2 heterocycles. The van der Waals surface area contributed by atoms with Gasteiger partial charge >= 0.3 is 0 Å². The lowest BCUT2D eigenvalue weighted by Crippen LogP contribution is -2.49. The Balaban J connectivity index is 0.00000225. The van der Waals surface area contributed by atoms with Gasteiger partial charge in [0.25, 0.3) is 0 Å². The number of halogens is 1. The second-order valence-electron chi connectivity index (χ2n) is 6.07. The van der Waals surface area contributed by atoms with Gasteiger partial charge in [0.2, 0.25) is 5.91 Å². The van der Waals surface area contributed by atoms with E-state index >= 15 is 0 Å². The standard InChI is InChI=1S/C19H23N3O2.ClH/c1-14-5-6-15(10-18(14)24-2)11-19(23)22-9-8-21-13-17(22)16-4-3-7-20-12-16;/h3-7,10,12,17,21H,8-9,11,13H2,1-2H3;1H. The van der Waals surface area contributed by atoms with Crippen LogP contribution in [0.4, 0.5) is 0 Å². The van der Waals surface area contributed by atoms with Crippen molar-refractivity contribution in [2.75, 3.05) is 26.7 Å². The molecule has 1 aromatic carbocycles. The first-order valence-corrected chi connectivity index (χ1v) is 8.22. The molecule has 1 aliphatic rings. The summed E-state index contributed by atoms with van der Waals surface area (Å²) in [5.41, 5.74) is 3.12. The maximum absolute atomic E-state index is 12.9. The van der Waals surface area contributed by atoms with Crippen molar-refractivity contribution in [3.8, 4) is 5.75 Å². The average Bonchev–Trinajstić information content (AvgIpc) is 2.64. The van der Waals surface area contributed by atoms with Crippen LogP contribution in [0.5, 0.6) is 5.75 Å². The highest BCUT2D eigenvalue weighted by Crippen LogP contribution is 2.24. The maximum Gasteiger partial charge on any atom is 0.227 e. The Hall–Kier alpha value is -2.11. The molecule has 1 atom stereocenters. The van der Waals surface area contributed by atoms with E-state index in [1.54, 1.807) is 13.3 Å². The van der Waals surface area contributed by atoms with Gasteiger partial charge in [-0.15, -0.1) is 12.4 Å². The quantitative estimate of drug-likeness (QED) is 0.909. The van der Waals surface area contributed by atoms with Crippen LogP contribution >= 0.6 is 12.4 Å². The van der Waals surface area contributed by atoms with E-state index < -0.39 is 0 Å². The molecule has 2 aromatic rings. The zero-order valence-corrected chi connectivity index (χ0v) is 15.4. The molecule has 1 saturated heterocycles. The summed E-state index contributed by atoms with van der Waals surface area (Å²) >= 11 is 0. The lowest BCUT2D eigenvalue weighted by atomic mass is 10.0. The number of methoxy groups -OCH3 is 1. The first-order valence-electron chi connectivity index (χ1n) is 8.22. The van der Waals surface area contributed by atoms with Crippen molar-refractivity contribution in [1.29, 1.82) is 0 Å². The fourth-order valence-corrected chi connectivity index (χ4v) is 3.12. The van der Waals surface area contributed by atoms with Gasteiger partial charge in [-0.25, -0.2) is 0 Å². The van der Waals surface area contributed by atoms with Gasteiger partial charge in [-0.1, -0.05) is 18.2 Å². The molecule has 3 rings (SSSR count). The van der Waals surface area contributed by atoms with E-state index in [0.29, 0.717) is 13.0 Å². The van der Waals surface area contributed by atoms with E-state index in [2.05, 4.69) is 10.3 Å². The summed E-state index contributed by atoms with van der Waals surface area (Å²) in [7, 11) is 1.66. The van der Waals surface area contributed by atoms with E-state index in [-0.39, 0.29) is 24.4 Å². The number of rotatable bonds is 4. The number of piperazine rings is 1. The summed E-state index contributed by atoms with van der Waals surface area (Å²) in [6.45, 7) is 4.29. The maximum atomic E-state index is 12.9. The Morgan fingerprint density at radius 1 is 1.40 bits per heavy atom. The van der Waals surface area contributed by atoms with Gasteiger partial charge in [0, 0.05) is 32.0 Å². The van der Waals surface area contributed by atoms with Crippen molar-refractivity contribution in [2.24, 2.45) is 0 Å². The Morgan fingerprint density at radius 2 is 2.24 bits per heavy atom. The number of nitrogens with one attached hydrogen (secondary N) is 1. The Bertz CT molecular complexity index is 709. The zero-order chi connectivity index (χ0) is 16.9. The number of nitrogens with zero attached hydrogens (tertiary/aromatic N) is 2. The van der Waals surface area contributed by atoms with E-state index in [4.69, 9.17) is 4.74 Å². The van der Waals surface area contributed by atoms with Crippen LogP contribution in [-0.2, 0) is 11.2 Å². The normalized spacial score (nSPS) is 16.9. The van der Waals surface area contributed by atoms with Crippen molar-refractivity contribution < 1.29 is 9.53 Å². The molecular weight excluding hydrogens is 338 g/mol. The van der Waals surface area contributed by atoms with Gasteiger partial charge < -0.3 is 15.0 Å². The van der Waals surface area contributed by atoms with Crippen LogP contribution in [0.15, 0.2) is 42.7 Å². The number of pyridine rings is 1. The topological polar surface area (TPSA) is 54.5 Å². The number of amides is 1. The highest BCUT2D eigenvalue weighted by atomic mass is 35.5. The van der Waals surface area contributed by atoms with Crippen LogP contribution in [0, 0.1) is 6.92 Å². The molecule has 0 aliphatic carbocycles. The van der Waals surface area contributed by atoms with Crippen molar-refractivity contribution in [2.45, 2.75) is 19.4 Å². The van der Waals surface area contributed by atoms with Gasteiger partial charge in [-0.05, 0) is 35.7 Å². The number of hydrogen-bond donors (Lipinski definition) is 1. The summed E-state index contributed by atoms with van der Waals surface area (Å²) < 4.78 is 5.36. The van der Waals surface area contributed by atoms with E-state index in [9.17, 15) is 4.79 Å². The second-order valence-corrected chi connectivity index (χ2v) is 6.07. The molecule has 1 amide bonds. The molecule has 25 heavy (non-hydrogen) atoms. The number of hydrogen-bond acceptors (Lipinski definition) is 4. The second kappa shape index (κ2) is 8.83. The van der Waals surface area contributed by atoms with Gasteiger partial charge in [0.15, 0.2) is 0 Å². The summed E-state index contributed by atoms with van der Waals surface area (Å²) in [4.78, 5) is 19.0. The fourth-order valence-electron chi connectivity index (χ4n) is 3.12. The van der Waals surface area contributed by atoms with Crippen molar-refractivity contribution in [3.05, 3.63) is 59.4 Å². The number of carbonyl (C=O) groups is 1. The molecule has 134 valence electrons. The molecule has 1 aliphatic heterocycles. The van der Waals surface area contributed by atoms with Crippen molar-refractivity contribution in [3.63, 3.8) is 0 Å². The third-order valence-electron chi connectivity index (χ3n) is 4.46. The Morgan fingerprint density at radius 3 is 2.96 bits per heavy atom. The molecular formula is C19H24ClN3O2. The third-order valence-corrected chi connectivity index (χ3v) is 4.46. The van der Waals surface area contributed by atoms with Crippen LogP contribution in [0.3, 0.4) is 0 Å². The lowest BCUT2D eigenvalue weighted by Gasteiger charge is -2.36. The number of ether oxygens (including phenoxy) is 1. The summed E-state index contributed by atoms with van der Waals surface area (Å²) in [6.07, 6.45) is 3.98. The zero-order valence-electron chi connectivity index (χ0n) is 14.6. The van der Waals surface area contributed by atoms with Crippen LogP contribution in [0.25, 0.3) is 0 Å². The minimum Gasteiger partial charge on any atom is -0.496 e. The Labute approximate surface area is 154 Å². The number of benzene rings is 1. The van der Waals surface area contributed by atoms with Gasteiger partial charge in [-0.2, -0.15) is 0 Å². The highest BCUT2D eigenvalue weighted by Gasteiger charge is 2.27. The number of aromatic nitrogens is 1. The summed E-state index contributed by atoms with van der Waals surface area (Å²) in [5.74, 6) is 0.959. The molecule has 1 N–H and O–H groups in total. The minimum absolute atomic E-state index is 0. The van der Waals surface area contributed by atoms with Crippen LogP contribution < -0.4 is 10.1 Å². The largest absolute Gasteiger partial charge is 0.496 e. The van der Waals surface area contributed by atoms with Crippen molar-refractivity contribution in [1.82, 2.24) is 15.2 Å². The molecule has 0 bridgehead atoms. The van der Waals surface area contributed by atoms with Gasteiger partial charge in [0.05, 0.1) is 19.6 Å². The number of carbonyl (C=O) groups excluding carboxylic acids is 1. The molecule has 0 saturated carbocycles. The molecule has 0 radical (unpaired) electrons. The van der Waals surface area contributed by atoms with E-state index in [1.165, 1.54) is 0 Å². The molecule has 1 fully saturated rings. The Kier molecular flexibility index (Phi) is 6.79. The average molecular weight is 362 g/mol. The smallest absolute Gasteiger partial charge is 0.227 e. The van der Waals surface area contributed by atoms with Crippen LogP contribution in [0.2, 0.25) is 0 Å².